The molecule has 0 bridgehead atoms. The molecule has 0 radical (unpaired) electrons. The Morgan fingerprint density at radius 2 is 2.42 bits per heavy atom. The van der Waals surface area contributed by atoms with Gasteiger partial charge in [0.05, 0.1) is 12.3 Å². The van der Waals surface area contributed by atoms with Gasteiger partial charge in [-0.3, -0.25) is 14.3 Å². The third-order valence-corrected chi connectivity index (χ3v) is 4.34. The predicted molar refractivity (Wildman–Crippen MR) is 88.7 cm³/mol. The number of nitrogens with zero attached hydrogens (tertiary/aromatic N) is 2. The molecule has 0 saturated carbocycles. The second-order valence-electron chi connectivity index (χ2n) is 5.95. The Hall–Kier alpha value is -2.41. The lowest BCUT2D eigenvalue weighted by molar-refractivity contribution is -0.0273. The first-order valence-electron chi connectivity index (χ1n) is 8.29. The van der Waals surface area contributed by atoms with Crippen LogP contribution in [0.15, 0.2) is 35.5 Å². The molecule has 0 spiro atoms. The van der Waals surface area contributed by atoms with Crippen molar-refractivity contribution in [1.29, 1.82) is 0 Å². The zero-order valence-corrected chi connectivity index (χ0v) is 13.7. The molecule has 2 aromatic rings. The molecule has 1 aliphatic rings. The smallest absolute Gasteiger partial charge is 0.260 e. The number of aryl methyl sites for hydroxylation is 1. The van der Waals surface area contributed by atoms with Crippen LogP contribution in [0, 0.1) is 5.92 Å². The minimum Gasteiger partial charge on any atom is -0.373 e. The van der Waals surface area contributed by atoms with Crippen LogP contribution in [0.4, 0.5) is 0 Å². The van der Waals surface area contributed by atoms with Crippen LogP contribution in [0.2, 0.25) is 0 Å². The Balaban J connectivity index is 1.67. The number of ether oxygens (including phenoxy) is 1. The standard InChI is InChI=1S/C17H22N4O3/c1-2-21-11-13(10-20-21)15-12(5-4-8-24-15)9-19-17(23)14-6-3-7-18-16(14)22/h3,6-7,10-12,15H,2,4-5,8-9H2,1H3,(H,18,22)(H,19,23)/t12-,15+/m0/s1. The maximum Gasteiger partial charge on any atom is 0.260 e. The Kier molecular flexibility index (Phi) is 5.10. The van der Waals surface area contributed by atoms with E-state index in [1.165, 1.54) is 12.3 Å². The average Bonchev–Trinajstić information content (AvgIpc) is 3.09. The first kappa shape index (κ1) is 16.4. The van der Waals surface area contributed by atoms with Crippen LogP contribution in [0.25, 0.3) is 0 Å². The molecule has 1 aliphatic heterocycles. The molecule has 1 saturated heterocycles. The number of carbonyl (C=O) groups is 1. The molecule has 2 N–H and O–H groups in total. The Morgan fingerprint density at radius 1 is 1.54 bits per heavy atom. The van der Waals surface area contributed by atoms with Crippen molar-refractivity contribution in [1.82, 2.24) is 20.1 Å². The summed E-state index contributed by atoms with van der Waals surface area (Å²) in [5.74, 6) is -0.189. The van der Waals surface area contributed by atoms with Gasteiger partial charge in [-0.1, -0.05) is 0 Å². The predicted octanol–water partition coefficient (Wildman–Crippen LogP) is 1.49. The molecule has 2 atom stereocenters. The molecule has 3 rings (SSSR count). The minimum atomic E-state index is -0.379. The first-order valence-corrected chi connectivity index (χ1v) is 8.29. The number of aromatic nitrogens is 3. The van der Waals surface area contributed by atoms with E-state index in [1.807, 2.05) is 24.0 Å². The van der Waals surface area contributed by atoms with Crippen molar-refractivity contribution in [2.75, 3.05) is 13.2 Å². The number of rotatable bonds is 5. The molecule has 0 aliphatic carbocycles. The van der Waals surface area contributed by atoms with E-state index in [9.17, 15) is 9.59 Å². The van der Waals surface area contributed by atoms with Crippen LogP contribution < -0.4 is 10.9 Å². The summed E-state index contributed by atoms with van der Waals surface area (Å²) in [4.78, 5) is 26.4. The summed E-state index contributed by atoms with van der Waals surface area (Å²) in [5.41, 5.74) is 0.786. The SMILES string of the molecule is CCn1cc([C@@H]2OCCC[C@H]2CNC(=O)c2ccc[nH]c2=O)cn1. The molecule has 7 heteroatoms. The van der Waals surface area contributed by atoms with Gasteiger partial charge in [-0.25, -0.2) is 0 Å². The molecule has 7 nitrogen and oxygen atoms in total. The lowest BCUT2D eigenvalue weighted by Crippen LogP contribution is -2.37. The summed E-state index contributed by atoms with van der Waals surface area (Å²) >= 11 is 0. The summed E-state index contributed by atoms with van der Waals surface area (Å²) in [5, 5.41) is 7.17. The van der Waals surface area contributed by atoms with Gasteiger partial charge < -0.3 is 15.0 Å². The third kappa shape index (κ3) is 3.56. The maximum absolute atomic E-state index is 12.2. The summed E-state index contributed by atoms with van der Waals surface area (Å²) in [7, 11) is 0. The van der Waals surface area contributed by atoms with Gasteiger partial charge in [-0.05, 0) is 31.9 Å². The zero-order chi connectivity index (χ0) is 16.9. The van der Waals surface area contributed by atoms with Crippen LogP contribution in [0.3, 0.4) is 0 Å². The number of H-pyrrole nitrogens is 1. The van der Waals surface area contributed by atoms with E-state index in [0.29, 0.717) is 13.2 Å². The third-order valence-electron chi connectivity index (χ3n) is 4.34. The van der Waals surface area contributed by atoms with E-state index >= 15 is 0 Å². The van der Waals surface area contributed by atoms with E-state index < -0.39 is 0 Å². The van der Waals surface area contributed by atoms with Gasteiger partial charge in [-0.15, -0.1) is 0 Å². The summed E-state index contributed by atoms with van der Waals surface area (Å²) < 4.78 is 7.79. The normalized spacial score (nSPS) is 20.7. The van der Waals surface area contributed by atoms with Crippen molar-refractivity contribution < 1.29 is 9.53 Å². The van der Waals surface area contributed by atoms with E-state index in [4.69, 9.17) is 4.74 Å². The molecule has 1 amide bonds. The first-order chi connectivity index (χ1) is 11.7. The number of pyridine rings is 1. The fraction of sp³-hybridized carbons (Fsp3) is 0.471. The van der Waals surface area contributed by atoms with Crippen LogP contribution in [-0.2, 0) is 11.3 Å². The highest BCUT2D eigenvalue weighted by molar-refractivity contribution is 5.93. The quantitative estimate of drug-likeness (QED) is 0.869. The van der Waals surface area contributed by atoms with Crippen LogP contribution >= 0.6 is 0 Å². The van der Waals surface area contributed by atoms with Gasteiger partial charge in [0.2, 0.25) is 0 Å². The average molecular weight is 330 g/mol. The molecule has 0 unspecified atom stereocenters. The lowest BCUT2D eigenvalue weighted by Gasteiger charge is -2.31. The highest BCUT2D eigenvalue weighted by atomic mass is 16.5. The van der Waals surface area contributed by atoms with E-state index in [-0.39, 0.29) is 29.1 Å². The monoisotopic (exact) mass is 330 g/mol. The Labute approximate surface area is 140 Å². The Bertz CT molecular complexity index is 752. The van der Waals surface area contributed by atoms with Gasteiger partial charge in [-0.2, -0.15) is 5.10 Å². The minimum absolute atomic E-state index is 0.0755. The van der Waals surface area contributed by atoms with E-state index in [1.54, 1.807) is 6.07 Å². The van der Waals surface area contributed by atoms with Gasteiger partial charge in [0, 0.05) is 43.6 Å². The topological polar surface area (TPSA) is 89.0 Å². The Morgan fingerprint density at radius 3 is 3.17 bits per heavy atom. The van der Waals surface area contributed by atoms with Crippen molar-refractivity contribution >= 4 is 5.91 Å². The van der Waals surface area contributed by atoms with Gasteiger partial charge in [0.1, 0.15) is 5.56 Å². The number of hydrogen-bond acceptors (Lipinski definition) is 4. The molecule has 2 aromatic heterocycles. The molecule has 24 heavy (non-hydrogen) atoms. The number of amides is 1. The molecular formula is C17H22N4O3. The largest absolute Gasteiger partial charge is 0.373 e. The highest BCUT2D eigenvalue weighted by Crippen LogP contribution is 2.33. The van der Waals surface area contributed by atoms with Crippen LogP contribution in [-0.4, -0.2) is 33.8 Å². The fourth-order valence-corrected chi connectivity index (χ4v) is 3.04. The van der Waals surface area contributed by atoms with Gasteiger partial charge in [0.15, 0.2) is 0 Å². The second-order valence-corrected chi connectivity index (χ2v) is 5.95. The molecule has 1 fully saturated rings. The van der Waals surface area contributed by atoms with Gasteiger partial charge >= 0.3 is 0 Å². The second kappa shape index (κ2) is 7.44. The number of carbonyl (C=O) groups excluding carboxylic acids is 1. The molecule has 128 valence electrons. The van der Waals surface area contributed by atoms with E-state index in [2.05, 4.69) is 15.4 Å². The molecule has 0 aromatic carbocycles. The van der Waals surface area contributed by atoms with Gasteiger partial charge in [0.25, 0.3) is 11.5 Å². The summed E-state index contributed by atoms with van der Waals surface area (Å²) in [6, 6.07) is 3.16. The van der Waals surface area contributed by atoms with Crippen molar-refractivity contribution in [2.24, 2.45) is 5.92 Å². The zero-order valence-electron chi connectivity index (χ0n) is 13.7. The van der Waals surface area contributed by atoms with Crippen molar-refractivity contribution in [2.45, 2.75) is 32.4 Å². The van der Waals surface area contributed by atoms with Crippen molar-refractivity contribution in [3.63, 3.8) is 0 Å². The summed E-state index contributed by atoms with van der Waals surface area (Å²) in [6.07, 6.45) is 7.19. The maximum atomic E-state index is 12.2. The van der Waals surface area contributed by atoms with Crippen molar-refractivity contribution in [3.8, 4) is 0 Å². The molecule has 3 heterocycles. The number of aromatic amines is 1. The number of nitrogens with one attached hydrogen (secondary N) is 2. The highest BCUT2D eigenvalue weighted by Gasteiger charge is 2.29. The fourth-order valence-electron chi connectivity index (χ4n) is 3.04. The lowest BCUT2D eigenvalue weighted by atomic mass is 9.91. The molecular weight excluding hydrogens is 308 g/mol. The van der Waals surface area contributed by atoms with Crippen molar-refractivity contribution in [3.05, 3.63) is 52.2 Å². The summed E-state index contributed by atoms with van der Waals surface area (Å²) in [6.45, 7) is 4.03. The van der Waals surface area contributed by atoms with Crippen LogP contribution in [0.5, 0.6) is 0 Å². The number of hydrogen-bond donors (Lipinski definition) is 2. The van der Waals surface area contributed by atoms with Crippen LogP contribution in [0.1, 0.15) is 41.8 Å². The van der Waals surface area contributed by atoms with E-state index in [0.717, 1.165) is 24.9 Å².